The lowest BCUT2D eigenvalue weighted by molar-refractivity contribution is -0.131. The van der Waals surface area contributed by atoms with Crippen LogP contribution in [-0.4, -0.2) is 11.6 Å². The molecule has 2 heteroatoms. The maximum absolute atomic E-state index is 12.1. The Balaban J connectivity index is 1.66. The Labute approximate surface area is 140 Å². The SMILES string of the molecule is CC(=O)C1CCC2C3CCC4CC(=O)C=CC4(C)C3CCC12C. The first-order chi connectivity index (χ1) is 10.9. The van der Waals surface area contributed by atoms with Crippen LogP contribution in [0.2, 0.25) is 0 Å². The lowest BCUT2D eigenvalue weighted by Gasteiger charge is -2.58. The van der Waals surface area contributed by atoms with Gasteiger partial charge in [-0.15, -0.1) is 0 Å². The van der Waals surface area contributed by atoms with Gasteiger partial charge in [0.15, 0.2) is 5.78 Å². The Bertz CT molecular complexity index is 576. The van der Waals surface area contributed by atoms with Crippen molar-refractivity contribution >= 4 is 11.6 Å². The molecule has 0 aromatic heterocycles. The molecule has 4 rings (SSSR count). The van der Waals surface area contributed by atoms with Gasteiger partial charge in [0.25, 0.3) is 0 Å². The minimum Gasteiger partial charge on any atom is -0.300 e. The number of carbonyl (C=O) groups excluding carboxylic acids is 2. The first kappa shape index (κ1) is 15.6. The van der Waals surface area contributed by atoms with E-state index in [4.69, 9.17) is 0 Å². The van der Waals surface area contributed by atoms with Gasteiger partial charge in [-0.1, -0.05) is 19.9 Å². The molecule has 0 radical (unpaired) electrons. The van der Waals surface area contributed by atoms with Crippen LogP contribution < -0.4 is 0 Å². The van der Waals surface area contributed by atoms with Crippen LogP contribution in [0.15, 0.2) is 12.2 Å². The van der Waals surface area contributed by atoms with Gasteiger partial charge in [-0.25, -0.2) is 0 Å². The molecule has 2 nitrogen and oxygen atoms in total. The van der Waals surface area contributed by atoms with Gasteiger partial charge >= 0.3 is 0 Å². The minimum atomic E-state index is 0.215. The second-order valence-electron chi connectivity index (χ2n) is 9.31. The third-order valence-corrected chi connectivity index (χ3v) is 8.53. The van der Waals surface area contributed by atoms with Crippen molar-refractivity contribution in [2.45, 2.75) is 65.7 Å². The summed E-state index contributed by atoms with van der Waals surface area (Å²) >= 11 is 0. The van der Waals surface area contributed by atoms with Crippen molar-refractivity contribution in [2.24, 2.45) is 40.4 Å². The molecule has 4 aliphatic carbocycles. The van der Waals surface area contributed by atoms with Crippen molar-refractivity contribution in [3.05, 3.63) is 12.2 Å². The first-order valence-electron chi connectivity index (χ1n) is 9.59. The molecular weight excluding hydrogens is 284 g/mol. The molecule has 0 aliphatic heterocycles. The molecule has 126 valence electrons. The van der Waals surface area contributed by atoms with Crippen molar-refractivity contribution in [3.63, 3.8) is 0 Å². The Kier molecular flexibility index (Phi) is 3.42. The zero-order chi connectivity index (χ0) is 16.4. The molecule has 3 fully saturated rings. The maximum Gasteiger partial charge on any atom is 0.155 e. The number of carbonyl (C=O) groups is 2. The van der Waals surface area contributed by atoms with E-state index in [0.717, 1.165) is 30.6 Å². The summed E-state index contributed by atoms with van der Waals surface area (Å²) in [5.41, 5.74) is 0.455. The number of rotatable bonds is 1. The zero-order valence-electron chi connectivity index (χ0n) is 14.8. The van der Waals surface area contributed by atoms with E-state index in [1.807, 2.05) is 6.08 Å². The van der Waals surface area contributed by atoms with Crippen LogP contribution >= 0.6 is 0 Å². The van der Waals surface area contributed by atoms with E-state index in [1.54, 1.807) is 6.92 Å². The summed E-state index contributed by atoms with van der Waals surface area (Å²) < 4.78 is 0. The molecule has 23 heavy (non-hydrogen) atoms. The van der Waals surface area contributed by atoms with Crippen LogP contribution in [0.5, 0.6) is 0 Å². The molecule has 0 aromatic rings. The van der Waals surface area contributed by atoms with Crippen molar-refractivity contribution in [1.29, 1.82) is 0 Å². The summed E-state index contributed by atoms with van der Waals surface area (Å²) in [6.45, 7) is 6.62. The van der Waals surface area contributed by atoms with Crippen molar-refractivity contribution < 1.29 is 9.59 Å². The summed E-state index contributed by atoms with van der Waals surface area (Å²) in [7, 11) is 0. The number of allylic oxidation sites excluding steroid dienone is 2. The second kappa shape index (κ2) is 5.04. The molecule has 7 unspecified atom stereocenters. The Morgan fingerprint density at radius 3 is 2.61 bits per heavy atom. The van der Waals surface area contributed by atoms with Crippen LogP contribution in [0.25, 0.3) is 0 Å². The van der Waals surface area contributed by atoms with Gasteiger partial charge in [0.2, 0.25) is 0 Å². The van der Waals surface area contributed by atoms with E-state index in [2.05, 4.69) is 19.9 Å². The minimum absolute atomic E-state index is 0.215. The largest absolute Gasteiger partial charge is 0.300 e. The third kappa shape index (κ3) is 2.06. The maximum atomic E-state index is 12.1. The fraction of sp³-hybridized carbons (Fsp3) is 0.810. The molecule has 0 saturated heterocycles. The highest BCUT2D eigenvalue weighted by Crippen LogP contribution is 2.66. The molecule has 7 atom stereocenters. The molecule has 0 aromatic carbocycles. The predicted molar refractivity (Wildman–Crippen MR) is 90.8 cm³/mol. The van der Waals surface area contributed by atoms with Gasteiger partial charge in [-0.2, -0.15) is 0 Å². The quantitative estimate of drug-likeness (QED) is 0.710. The summed E-state index contributed by atoms with van der Waals surface area (Å²) in [4.78, 5) is 24.0. The Hall–Kier alpha value is -0.920. The van der Waals surface area contributed by atoms with Crippen molar-refractivity contribution in [3.8, 4) is 0 Å². The molecular formula is C21H30O2. The number of hydrogen-bond acceptors (Lipinski definition) is 2. The smallest absolute Gasteiger partial charge is 0.155 e. The van der Waals surface area contributed by atoms with E-state index in [0.29, 0.717) is 23.4 Å². The summed E-state index contributed by atoms with van der Waals surface area (Å²) in [6.07, 6.45) is 12.1. The number of hydrogen-bond donors (Lipinski definition) is 0. The fourth-order valence-electron chi connectivity index (χ4n) is 7.30. The Morgan fingerprint density at radius 2 is 1.87 bits per heavy atom. The number of fused-ring (bicyclic) bond motifs is 5. The molecule has 0 amide bonds. The van der Waals surface area contributed by atoms with E-state index < -0.39 is 0 Å². The van der Waals surface area contributed by atoms with E-state index >= 15 is 0 Å². The average molecular weight is 314 g/mol. The number of Topliss-reactive ketones (excluding diaryl/α,β-unsaturated/α-hetero) is 1. The van der Waals surface area contributed by atoms with Gasteiger partial charge < -0.3 is 0 Å². The van der Waals surface area contributed by atoms with Crippen LogP contribution in [0, 0.1) is 40.4 Å². The van der Waals surface area contributed by atoms with Gasteiger partial charge in [0, 0.05) is 12.3 Å². The van der Waals surface area contributed by atoms with Crippen LogP contribution in [0.1, 0.15) is 65.7 Å². The van der Waals surface area contributed by atoms with Gasteiger partial charge in [0.1, 0.15) is 5.78 Å². The highest BCUT2D eigenvalue weighted by molar-refractivity contribution is 5.91. The van der Waals surface area contributed by atoms with Crippen molar-refractivity contribution in [2.75, 3.05) is 0 Å². The second-order valence-corrected chi connectivity index (χ2v) is 9.31. The van der Waals surface area contributed by atoms with E-state index in [9.17, 15) is 9.59 Å². The average Bonchev–Trinajstić information content (AvgIpc) is 2.85. The standard InChI is InChI=1S/C21H30O2/c1-13(22)17-6-7-18-16-5-4-14-12-15(23)8-10-20(14,2)19(16)9-11-21(17,18)3/h8,10,14,16-19H,4-7,9,11-12H2,1-3H3. The zero-order valence-corrected chi connectivity index (χ0v) is 14.8. The third-order valence-electron chi connectivity index (χ3n) is 8.53. The molecule has 0 heterocycles. The Morgan fingerprint density at radius 1 is 1.09 bits per heavy atom. The lowest BCUT2D eigenvalue weighted by Crippen LogP contribution is -2.52. The number of ketones is 2. The topological polar surface area (TPSA) is 34.1 Å². The summed E-state index contributed by atoms with van der Waals surface area (Å²) in [6, 6.07) is 0. The molecule has 0 bridgehead atoms. The van der Waals surface area contributed by atoms with Crippen LogP contribution in [0.3, 0.4) is 0 Å². The summed E-state index contributed by atoms with van der Waals surface area (Å²) in [5, 5.41) is 0. The van der Waals surface area contributed by atoms with Gasteiger partial charge in [0.05, 0.1) is 0 Å². The highest BCUT2D eigenvalue weighted by Gasteiger charge is 2.60. The van der Waals surface area contributed by atoms with Crippen LogP contribution in [0.4, 0.5) is 0 Å². The normalized spacial score (nSPS) is 51.8. The monoisotopic (exact) mass is 314 g/mol. The molecule has 0 N–H and O–H groups in total. The molecule has 3 saturated carbocycles. The molecule has 4 aliphatic rings. The van der Waals surface area contributed by atoms with E-state index in [-0.39, 0.29) is 10.8 Å². The van der Waals surface area contributed by atoms with E-state index in [1.165, 1.54) is 32.1 Å². The van der Waals surface area contributed by atoms with Gasteiger partial charge in [-0.05, 0) is 86.0 Å². The predicted octanol–water partition coefficient (Wildman–Crippen LogP) is 4.58. The fourth-order valence-corrected chi connectivity index (χ4v) is 7.30. The first-order valence-corrected chi connectivity index (χ1v) is 9.59. The van der Waals surface area contributed by atoms with Crippen molar-refractivity contribution in [1.82, 2.24) is 0 Å². The highest BCUT2D eigenvalue weighted by atomic mass is 16.1. The van der Waals surface area contributed by atoms with Gasteiger partial charge in [-0.3, -0.25) is 9.59 Å². The lowest BCUT2D eigenvalue weighted by atomic mass is 9.46. The van der Waals surface area contributed by atoms with Crippen LogP contribution in [-0.2, 0) is 9.59 Å². The summed E-state index contributed by atoms with van der Waals surface area (Å²) in [5.74, 6) is 3.78. The molecule has 0 spiro atoms.